The molecular weight excluding hydrogens is 322 g/mol. The second-order valence-electron chi connectivity index (χ2n) is 5.21. The molecule has 2 rings (SSSR count). The van der Waals surface area contributed by atoms with E-state index >= 15 is 0 Å². The van der Waals surface area contributed by atoms with Crippen LogP contribution >= 0.6 is 11.6 Å². The van der Waals surface area contributed by atoms with Crippen molar-refractivity contribution in [3.63, 3.8) is 0 Å². The van der Waals surface area contributed by atoms with Gasteiger partial charge in [0, 0.05) is 31.1 Å². The average Bonchev–Trinajstić information content (AvgIpc) is 2.96. The molecule has 1 heterocycles. The van der Waals surface area contributed by atoms with Gasteiger partial charge in [0.05, 0.1) is 15.5 Å². The summed E-state index contributed by atoms with van der Waals surface area (Å²) < 4.78 is 1.85. The van der Waals surface area contributed by atoms with Crippen molar-refractivity contribution in [1.29, 1.82) is 0 Å². The van der Waals surface area contributed by atoms with E-state index in [2.05, 4.69) is 15.5 Å². The number of benzene rings is 1. The lowest BCUT2D eigenvalue weighted by Crippen LogP contribution is -2.28. The van der Waals surface area contributed by atoms with Crippen molar-refractivity contribution in [2.75, 3.05) is 6.54 Å². The summed E-state index contributed by atoms with van der Waals surface area (Å²) in [6.07, 6.45) is 1.60. The molecule has 0 aliphatic rings. The zero-order chi connectivity index (χ0) is 17.0. The first-order chi connectivity index (χ1) is 10.9. The van der Waals surface area contributed by atoms with Gasteiger partial charge in [-0.2, -0.15) is 0 Å². The summed E-state index contributed by atoms with van der Waals surface area (Å²) in [4.78, 5) is 22.3. The first kappa shape index (κ1) is 16.9. The van der Waals surface area contributed by atoms with E-state index in [4.69, 9.17) is 11.6 Å². The third-order valence-electron chi connectivity index (χ3n) is 3.21. The fourth-order valence-electron chi connectivity index (χ4n) is 2.07. The summed E-state index contributed by atoms with van der Waals surface area (Å²) in [7, 11) is 0. The van der Waals surface area contributed by atoms with E-state index in [1.165, 1.54) is 12.1 Å². The predicted molar refractivity (Wildman–Crippen MR) is 84.6 cm³/mol. The second kappa shape index (κ2) is 7.19. The van der Waals surface area contributed by atoms with Gasteiger partial charge in [-0.1, -0.05) is 25.4 Å². The maximum absolute atomic E-state index is 12.1. The lowest BCUT2D eigenvalue weighted by atomic mass is 10.2. The van der Waals surface area contributed by atoms with E-state index in [1.54, 1.807) is 6.33 Å². The molecule has 0 aliphatic carbocycles. The number of halogens is 1. The number of hydrogen-bond donors (Lipinski definition) is 1. The average molecular weight is 338 g/mol. The molecule has 1 aromatic heterocycles. The molecule has 0 atom stereocenters. The molecular formula is C14H16ClN5O3. The molecule has 9 heteroatoms. The standard InChI is InChI=1S/C14H16ClN5O3/c1-9(2)13-18-17-8-19(13)6-5-16-14(21)11-7-10(20(22)23)3-4-12(11)15/h3-4,7-9H,5-6H2,1-2H3,(H,16,21). The Bertz CT molecular complexity index is 729. The molecule has 0 radical (unpaired) electrons. The lowest BCUT2D eigenvalue weighted by Gasteiger charge is -2.10. The van der Waals surface area contributed by atoms with Gasteiger partial charge in [0.15, 0.2) is 0 Å². The molecule has 0 fully saturated rings. The van der Waals surface area contributed by atoms with E-state index in [0.717, 1.165) is 11.9 Å². The van der Waals surface area contributed by atoms with Crippen molar-refractivity contribution in [2.45, 2.75) is 26.3 Å². The molecule has 0 aliphatic heterocycles. The molecule has 0 bridgehead atoms. The van der Waals surface area contributed by atoms with Gasteiger partial charge < -0.3 is 9.88 Å². The molecule has 1 N–H and O–H groups in total. The Labute approximate surface area is 137 Å². The van der Waals surface area contributed by atoms with Crippen LogP contribution < -0.4 is 5.32 Å². The van der Waals surface area contributed by atoms with Crippen LogP contribution in [0.25, 0.3) is 0 Å². The molecule has 1 amide bonds. The molecule has 0 saturated heterocycles. The quantitative estimate of drug-likeness (QED) is 0.644. The molecule has 23 heavy (non-hydrogen) atoms. The number of nitrogens with zero attached hydrogens (tertiary/aromatic N) is 4. The van der Waals surface area contributed by atoms with E-state index in [1.807, 2.05) is 18.4 Å². The monoisotopic (exact) mass is 337 g/mol. The van der Waals surface area contributed by atoms with Crippen LogP contribution in [0, 0.1) is 10.1 Å². The number of non-ortho nitro benzene ring substituents is 1. The van der Waals surface area contributed by atoms with Crippen LogP contribution in [0.2, 0.25) is 5.02 Å². The predicted octanol–water partition coefficient (Wildman–Crippen LogP) is 2.39. The van der Waals surface area contributed by atoms with Crippen molar-refractivity contribution in [3.8, 4) is 0 Å². The van der Waals surface area contributed by atoms with E-state index in [0.29, 0.717) is 13.1 Å². The highest BCUT2D eigenvalue weighted by Gasteiger charge is 2.16. The van der Waals surface area contributed by atoms with Crippen LogP contribution in [-0.4, -0.2) is 32.1 Å². The summed E-state index contributed by atoms with van der Waals surface area (Å²) in [5.74, 6) is 0.588. The van der Waals surface area contributed by atoms with Crippen molar-refractivity contribution in [2.24, 2.45) is 0 Å². The number of nitrogens with one attached hydrogen (secondary N) is 1. The van der Waals surface area contributed by atoms with Crippen LogP contribution in [-0.2, 0) is 6.54 Å². The Morgan fingerprint density at radius 1 is 1.48 bits per heavy atom. The zero-order valence-corrected chi connectivity index (χ0v) is 13.4. The van der Waals surface area contributed by atoms with Gasteiger partial charge in [-0.15, -0.1) is 10.2 Å². The van der Waals surface area contributed by atoms with Gasteiger partial charge in [-0.05, 0) is 6.07 Å². The zero-order valence-electron chi connectivity index (χ0n) is 12.7. The molecule has 8 nitrogen and oxygen atoms in total. The number of rotatable bonds is 6. The minimum absolute atomic E-state index is 0.0775. The summed E-state index contributed by atoms with van der Waals surface area (Å²) in [5, 5.41) is 21.5. The summed E-state index contributed by atoms with van der Waals surface area (Å²) in [6, 6.07) is 3.76. The first-order valence-corrected chi connectivity index (χ1v) is 7.37. The van der Waals surface area contributed by atoms with E-state index in [-0.39, 0.29) is 22.2 Å². The minimum atomic E-state index is -0.570. The topological polar surface area (TPSA) is 103 Å². The molecule has 0 saturated carbocycles. The van der Waals surface area contributed by atoms with Crippen molar-refractivity contribution < 1.29 is 9.72 Å². The third-order valence-corrected chi connectivity index (χ3v) is 3.54. The van der Waals surface area contributed by atoms with Gasteiger partial charge in [0.25, 0.3) is 11.6 Å². The maximum atomic E-state index is 12.1. The van der Waals surface area contributed by atoms with Crippen molar-refractivity contribution >= 4 is 23.2 Å². The number of amides is 1. The summed E-state index contributed by atoms with van der Waals surface area (Å²) in [6.45, 7) is 4.83. The van der Waals surface area contributed by atoms with Crippen molar-refractivity contribution in [1.82, 2.24) is 20.1 Å². The van der Waals surface area contributed by atoms with Crippen LogP contribution in [0.4, 0.5) is 5.69 Å². The maximum Gasteiger partial charge on any atom is 0.270 e. The highest BCUT2D eigenvalue weighted by atomic mass is 35.5. The fraction of sp³-hybridized carbons (Fsp3) is 0.357. The first-order valence-electron chi connectivity index (χ1n) is 7.00. The van der Waals surface area contributed by atoms with Crippen LogP contribution in [0.15, 0.2) is 24.5 Å². The second-order valence-corrected chi connectivity index (χ2v) is 5.62. The number of nitro benzene ring substituents is 1. The number of nitro groups is 1. The van der Waals surface area contributed by atoms with Gasteiger partial charge in [0.2, 0.25) is 0 Å². The normalized spacial score (nSPS) is 10.8. The van der Waals surface area contributed by atoms with E-state index in [9.17, 15) is 14.9 Å². The van der Waals surface area contributed by atoms with Gasteiger partial charge in [0.1, 0.15) is 12.2 Å². The lowest BCUT2D eigenvalue weighted by molar-refractivity contribution is -0.384. The Kier molecular flexibility index (Phi) is 5.28. The van der Waals surface area contributed by atoms with Gasteiger partial charge >= 0.3 is 0 Å². The number of carbonyl (C=O) groups excluding carboxylic acids is 1. The fourth-order valence-corrected chi connectivity index (χ4v) is 2.27. The Morgan fingerprint density at radius 2 is 2.22 bits per heavy atom. The number of aromatic nitrogens is 3. The van der Waals surface area contributed by atoms with E-state index < -0.39 is 10.8 Å². The molecule has 2 aromatic rings. The Balaban J connectivity index is 2.01. The Morgan fingerprint density at radius 3 is 2.87 bits per heavy atom. The molecule has 0 spiro atoms. The highest BCUT2D eigenvalue weighted by Crippen LogP contribution is 2.21. The highest BCUT2D eigenvalue weighted by molar-refractivity contribution is 6.33. The van der Waals surface area contributed by atoms with Gasteiger partial charge in [-0.25, -0.2) is 0 Å². The largest absolute Gasteiger partial charge is 0.350 e. The smallest absolute Gasteiger partial charge is 0.270 e. The number of hydrogen-bond acceptors (Lipinski definition) is 5. The molecule has 0 unspecified atom stereocenters. The molecule has 122 valence electrons. The minimum Gasteiger partial charge on any atom is -0.350 e. The Hall–Kier alpha value is -2.48. The van der Waals surface area contributed by atoms with Crippen LogP contribution in [0.5, 0.6) is 0 Å². The van der Waals surface area contributed by atoms with Crippen LogP contribution in [0.1, 0.15) is 35.9 Å². The molecule has 1 aromatic carbocycles. The SMILES string of the molecule is CC(C)c1nncn1CCNC(=O)c1cc([N+](=O)[O-])ccc1Cl. The van der Waals surface area contributed by atoms with Gasteiger partial charge in [-0.3, -0.25) is 14.9 Å². The third kappa shape index (κ3) is 4.04. The number of carbonyl (C=O) groups is 1. The van der Waals surface area contributed by atoms with Crippen molar-refractivity contribution in [3.05, 3.63) is 51.1 Å². The summed E-state index contributed by atoms with van der Waals surface area (Å²) in [5.41, 5.74) is -0.103. The summed E-state index contributed by atoms with van der Waals surface area (Å²) >= 11 is 5.93. The van der Waals surface area contributed by atoms with Crippen LogP contribution in [0.3, 0.4) is 0 Å².